The molecule has 1 N–H and O–H groups in total. The fourth-order valence-electron chi connectivity index (χ4n) is 2.17. The van der Waals surface area contributed by atoms with Crippen LogP contribution in [0.15, 0.2) is 70.3 Å². The lowest BCUT2D eigenvalue weighted by molar-refractivity contribution is -0.118. The smallest absolute Gasteiger partial charge is 0.277 e. The first kappa shape index (κ1) is 18.5. The van der Waals surface area contributed by atoms with Crippen LogP contribution in [-0.4, -0.2) is 34.2 Å². The van der Waals surface area contributed by atoms with Gasteiger partial charge in [-0.05, 0) is 17.7 Å². The number of benzene rings is 2. The van der Waals surface area contributed by atoms with E-state index in [-0.39, 0.29) is 11.7 Å². The summed E-state index contributed by atoms with van der Waals surface area (Å²) in [7, 11) is 0. The third-order valence-corrected chi connectivity index (χ3v) is 5.28. The Balaban J connectivity index is 1.32. The van der Waals surface area contributed by atoms with Crippen LogP contribution in [0, 0.1) is 0 Å². The molecule has 3 rings (SSSR count). The molecule has 0 fully saturated rings. The van der Waals surface area contributed by atoms with Gasteiger partial charge in [0.15, 0.2) is 0 Å². The molecule has 0 saturated heterocycles. The van der Waals surface area contributed by atoms with Crippen LogP contribution in [0.1, 0.15) is 5.56 Å². The minimum absolute atomic E-state index is 0.0326. The van der Waals surface area contributed by atoms with Gasteiger partial charge in [0.1, 0.15) is 0 Å². The molecule has 134 valence electrons. The zero-order valence-corrected chi connectivity index (χ0v) is 15.8. The highest BCUT2D eigenvalue weighted by Crippen LogP contribution is 2.22. The fourth-order valence-corrected chi connectivity index (χ4v) is 3.58. The van der Waals surface area contributed by atoms with E-state index in [9.17, 15) is 4.79 Å². The van der Waals surface area contributed by atoms with Crippen molar-refractivity contribution < 1.29 is 9.21 Å². The van der Waals surface area contributed by atoms with E-state index in [0.717, 1.165) is 17.1 Å². The normalized spacial score (nSPS) is 10.6. The Hall–Kier alpha value is -2.25. The largest absolute Gasteiger partial charge is 0.411 e. The topological polar surface area (TPSA) is 68.0 Å². The molecule has 0 saturated carbocycles. The summed E-state index contributed by atoms with van der Waals surface area (Å²) >= 11 is 3.05. The highest BCUT2D eigenvalue weighted by molar-refractivity contribution is 7.99. The summed E-state index contributed by atoms with van der Waals surface area (Å²) in [6.07, 6.45) is 0. The second-order valence-electron chi connectivity index (χ2n) is 5.42. The highest BCUT2D eigenvalue weighted by atomic mass is 32.2. The van der Waals surface area contributed by atoms with Gasteiger partial charge in [-0.3, -0.25) is 4.79 Å². The van der Waals surface area contributed by atoms with E-state index >= 15 is 0 Å². The highest BCUT2D eigenvalue weighted by Gasteiger charge is 2.10. The summed E-state index contributed by atoms with van der Waals surface area (Å²) in [6, 6.07) is 19.9. The minimum Gasteiger partial charge on any atom is -0.411 e. The molecular formula is C19H19N3O2S2. The lowest BCUT2D eigenvalue weighted by Crippen LogP contribution is -2.27. The maximum Gasteiger partial charge on any atom is 0.277 e. The zero-order valence-electron chi connectivity index (χ0n) is 14.1. The van der Waals surface area contributed by atoms with Gasteiger partial charge in [0.25, 0.3) is 5.22 Å². The SMILES string of the molecule is O=C(CSc1nnc(-c2ccccc2)o1)NCCSCc1ccccc1. The fraction of sp³-hybridized carbons (Fsp3) is 0.211. The van der Waals surface area contributed by atoms with Crippen molar-refractivity contribution in [3.05, 3.63) is 66.2 Å². The Kier molecular flexibility index (Phi) is 7.15. The number of hydrogen-bond donors (Lipinski definition) is 1. The van der Waals surface area contributed by atoms with E-state index in [1.54, 1.807) is 11.8 Å². The van der Waals surface area contributed by atoms with Gasteiger partial charge in [-0.25, -0.2) is 0 Å². The summed E-state index contributed by atoms with van der Waals surface area (Å²) < 4.78 is 5.57. The molecule has 0 aliphatic rings. The Bertz CT molecular complexity index is 810. The number of amides is 1. The van der Waals surface area contributed by atoms with Crippen LogP contribution in [0.25, 0.3) is 11.5 Å². The molecule has 0 spiro atoms. The molecule has 0 bridgehead atoms. The first-order valence-electron chi connectivity index (χ1n) is 8.21. The van der Waals surface area contributed by atoms with Gasteiger partial charge in [0, 0.05) is 23.6 Å². The predicted molar refractivity (Wildman–Crippen MR) is 106 cm³/mol. The Morgan fingerprint density at radius 3 is 2.50 bits per heavy atom. The average Bonchev–Trinajstić information content (AvgIpc) is 3.17. The molecular weight excluding hydrogens is 366 g/mol. The molecule has 0 unspecified atom stereocenters. The van der Waals surface area contributed by atoms with E-state index in [2.05, 4.69) is 27.6 Å². The summed E-state index contributed by atoms with van der Waals surface area (Å²) in [5.74, 6) is 2.53. The monoisotopic (exact) mass is 385 g/mol. The van der Waals surface area contributed by atoms with E-state index in [4.69, 9.17) is 4.42 Å². The molecule has 0 aliphatic heterocycles. The van der Waals surface area contributed by atoms with Crippen molar-refractivity contribution in [2.24, 2.45) is 0 Å². The first-order chi connectivity index (χ1) is 12.8. The van der Waals surface area contributed by atoms with Gasteiger partial charge in [0.2, 0.25) is 11.8 Å². The van der Waals surface area contributed by atoms with Crippen LogP contribution in [0.5, 0.6) is 0 Å². The minimum atomic E-state index is -0.0326. The number of nitrogens with zero attached hydrogens (tertiary/aromatic N) is 2. The molecule has 2 aromatic carbocycles. The van der Waals surface area contributed by atoms with Crippen LogP contribution < -0.4 is 5.32 Å². The number of carbonyl (C=O) groups excluding carboxylic acids is 1. The van der Waals surface area contributed by atoms with Gasteiger partial charge < -0.3 is 9.73 Å². The van der Waals surface area contributed by atoms with Crippen LogP contribution >= 0.6 is 23.5 Å². The predicted octanol–water partition coefficient (Wildman–Crippen LogP) is 3.88. The van der Waals surface area contributed by atoms with Crippen molar-refractivity contribution in [1.29, 1.82) is 0 Å². The summed E-state index contributed by atoms with van der Waals surface area (Å²) in [5, 5.41) is 11.3. The molecule has 1 heterocycles. The zero-order chi connectivity index (χ0) is 18.0. The molecule has 1 aromatic heterocycles. The molecule has 0 atom stereocenters. The van der Waals surface area contributed by atoms with Crippen molar-refractivity contribution in [1.82, 2.24) is 15.5 Å². The van der Waals surface area contributed by atoms with E-state index in [1.807, 2.05) is 48.5 Å². The van der Waals surface area contributed by atoms with Crippen molar-refractivity contribution in [3.63, 3.8) is 0 Å². The van der Waals surface area contributed by atoms with Crippen molar-refractivity contribution in [2.75, 3.05) is 18.1 Å². The molecule has 3 aromatic rings. The molecule has 7 heteroatoms. The van der Waals surface area contributed by atoms with Gasteiger partial charge in [0.05, 0.1) is 5.75 Å². The lowest BCUT2D eigenvalue weighted by atomic mass is 10.2. The number of hydrogen-bond acceptors (Lipinski definition) is 6. The van der Waals surface area contributed by atoms with E-state index in [1.165, 1.54) is 17.3 Å². The van der Waals surface area contributed by atoms with Crippen molar-refractivity contribution in [2.45, 2.75) is 11.0 Å². The van der Waals surface area contributed by atoms with Crippen LogP contribution in [-0.2, 0) is 10.5 Å². The second-order valence-corrected chi connectivity index (χ2v) is 7.45. The quantitative estimate of drug-likeness (QED) is 0.445. The van der Waals surface area contributed by atoms with Gasteiger partial charge in [-0.2, -0.15) is 11.8 Å². The number of carbonyl (C=O) groups is 1. The molecule has 5 nitrogen and oxygen atoms in total. The molecule has 1 amide bonds. The third kappa shape index (κ3) is 5.93. The van der Waals surface area contributed by atoms with Gasteiger partial charge >= 0.3 is 0 Å². The number of thioether (sulfide) groups is 2. The van der Waals surface area contributed by atoms with Crippen LogP contribution in [0.4, 0.5) is 0 Å². The third-order valence-electron chi connectivity index (χ3n) is 3.43. The Morgan fingerprint density at radius 2 is 1.73 bits per heavy atom. The van der Waals surface area contributed by atoms with E-state index < -0.39 is 0 Å². The average molecular weight is 386 g/mol. The summed E-state index contributed by atoms with van der Waals surface area (Å²) in [6.45, 7) is 0.649. The maximum absolute atomic E-state index is 11.9. The van der Waals surface area contributed by atoms with Crippen LogP contribution in [0.3, 0.4) is 0 Å². The summed E-state index contributed by atoms with van der Waals surface area (Å²) in [4.78, 5) is 11.9. The van der Waals surface area contributed by atoms with Gasteiger partial charge in [-0.15, -0.1) is 10.2 Å². The number of nitrogens with one attached hydrogen (secondary N) is 1. The lowest BCUT2D eigenvalue weighted by Gasteiger charge is -2.04. The number of aromatic nitrogens is 2. The molecule has 26 heavy (non-hydrogen) atoms. The maximum atomic E-state index is 11.9. The number of rotatable bonds is 9. The second kappa shape index (κ2) is 10.0. The molecule has 0 radical (unpaired) electrons. The summed E-state index contributed by atoms with van der Waals surface area (Å²) in [5.41, 5.74) is 2.16. The van der Waals surface area contributed by atoms with E-state index in [0.29, 0.717) is 17.7 Å². The Labute approximate surface area is 161 Å². The Morgan fingerprint density at radius 1 is 1.00 bits per heavy atom. The standard InChI is InChI=1S/C19H19N3O2S2/c23-17(20-11-12-25-13-15-7-3-1-4-8-15)14-26-19-22-21-18(24-19)16-9-5-2-6-10-16/h1-10H,11-14H2,(H,20,23). The van der Waals surface area contributed by atoms with Crippen LogP contribution in [0.2, 0.25) is 0 Å². The first-order valence-corrected chi connectivity index (χ1v) is 10.4. The van der Waals surface area contributed by atoms with Crippen molar-refractivity contribution in [3.8, 4) is 11.5 Å². The van der Waals surface area contributed by atoms with Crippen molar-refractivity contribution >= 4 is 29.4 Å². The molecule has 0 aliphatic carbocycles. The van der Waals surface area contributed by atoms with Gasteiger partial charge in [-0.1, -0.05) is 60.3 Å².